The van der Waals surface area contributed by atoms with Crippen LogP contribution in [-0.4, -0.2) is 54.4 Å². The molecule has 1 saturated heterocycles. The average Bonchev–Trinajstić information content (AvgIpc) is 3.40. The van der Waals surface area contributed by atoms with Crippen LogP contribution < -0.4 is 4.74 Å². The second kappa shape index (κ2) is 8.02. The highest BCUT2D eigenvalue weighted by atomic mass is 16.5. The zero-order valence-electron chi connectivity index (χ0n) is 17.6. The van der Waals surface area contributed by atoms with E-state index in [1.165, 1.54) is 0 Å². The van der Waals surface area contributed by atoms with Crippen molar-refractivity contribution in [3.05, 3.63) is 59.9 Å². The number of likely N-dealkylation sites (tertiary alicyclic amines) is 1. The van der Waals surface area contributed by atoms with Gasteiger partial charge in [-0.05, 0) is 55.9 Å². The summed E-state index contributed by atoms with van der Waals surface area (Å²) in [5, 5.41) is 0. The quantitative estimate of drug-likeness (QED) is 0.631. The first-order chi connectivity index (χ1) is 15.1. The van der Waals surface area contributed by atoms with Gasteiger partial charge >= 0.3 is 6.01 Å². The molecule has 2 aliphatic rings. The number of pyridine rings is 1. The predicted molar refractivity (Wildman–Crippen MR) is 113 cm³/mol. The number of amides is 1. The van der Waals surface area contributed by atoms with Crippen molar-refractivity contribution in [1.82, 2.24) is 29.8 Å². The number of nitrogens with zero attached hydrogens (tertiary/aromatic N) is 6. The molecule has 8 nitrogen and oxygen atoms in total. The highest BCUT2D eigenvalue weighted by Crippen LogP contribution is 2.40. The SMILES string of the molecule is CCc1cnc(O[C@@H]2C[C@H]3C[C@@H]2N(C(=O)c2nc(C)ccc2-c2ncccn2)C3)nc1. The summed E-state index contributed by atoms with van der Waals surface area (Å²) in [6.07, 6.45) is 9.52. The second-order valence-electron chi connectivity index (χ2n) is 8.17. The molecule has 2 bridgehead atoms. The number of hydrogen-bond acceptors (Lipinski definition) is 7. The van der Waals surface area contributed by atoms with Gasteiger partial charge in [0, 0.05) is 37.0 Å². The summed E-state index contributed by atoms with van der Waals surface area (Å²) in [7, 11) is 0. The molecule has 5 rings (SSSR count). The summed E-state index contributed by atoms with van der Waals surface area (Å²) < 4.78 is 6.10. The van der Waals surface area contributed by atoms with Crippen molar-refractivity contribution in [2.45, 2.75) is 45.3 Å². The molecule has 0 unspecified atom stereocenters. The van der Waals surface area contributed by atoms with Crippen molar-refractivity contribution in [3.63, 3.8) is 0 Å². The van der Waals surface area contributed by atoms with Gasteiger partial charge in [-0.3, -0.25) is 4.79 Å². The van der Waals surface area contributed by atoms with Gasteiger partial charge in [-0.25, -0.2) is 24.9 Å². The normalized spacial score (nSPS) is 22.0. The Labute approximate surface area is 180 Å². The lowest BCUT2D eigenvalue weighted by molar-refractivity contribution is 0.0448. The Morgan fingerprint density at radius 1 is 1.13 bits per heavy atom. The summed E-state index contributed by atoms with van der Waals surface area (Å²) >= 11 is 0. The molecule has 4 heterocycles. The lowest BCUT2D eigenvalue weighted by Crippen LogP contribution is -2.47. The largest absolute Gasteiger partial charge is 0.458 e. The van der Waals surface area contributed by atoms with E-state index in [1.54, 1.807) is 30.9 Å². The van der Waals surface area contributed by atoms with Crippen LogP contribution in [0.25, 0.3) is 11.4 Å². The Hall–Kier alpha value is -3.42. The molecule has 0 N–H and O–H groups in total. The van der Waals surface area contributed by atoms with Crippen LogP contribution in [0.4, 0.5) is 0 Å². The molecular formula is C23H24N6O2. The molecule has 0 spiro atoms. The number of rotatable bonds is 5. The number of carbonyl (C=O) groups is 1. The van der Waals surface area contributed by atoms with Crippen LogP contribution in [-0.2, 0) is 6.42 Å². The third-order valence-electron chi connectivity index (χ3n) is 6.08. The van der Waals surface area contributed by atoms with E-state index < -0.39 is 0 Å². The van der Waals surface area contributed by atoms with Gasteiger partial charge in [0.1, 0.15) is 11.8 Å². The maximum Gasteiger partial charge on any atom is 0.316 e. The smallest absolute Gasteiger partial charge is 0.316 e. The molecule has 158 valence electrons. The first-order valence-corrected chi connectivity index (χ1v) is 10.7. The Morgan fingerprint density at radius 3 is 2.61 bits per heavy atom. The highest BCUT2D eigenvalue weighted by molar-refractivity contribution is 5.98. The molecule has 0 radical (unpaired) electrons. The Kier molecular flexibility index (Phi) is 5.05. The fraction of sp³-hybridized carbons (Fsp3) is 0.391. The Bertz CT molecular complexity index is 1090. The summed E-state index contributed by atoms with van der Waals surface area (Å²) in [4.78, 5) is 37.3. The van der Waals surface area contributed by atoms with Gasteiger partial charge in [0.2, 0.25) is 0 Å². The molecular weight excluding hydrogens is 392 g/mol. The van der Waals surface area contributed by atoms with Gasteiger partial charge < -0.3 is 9.64 Å². The van der Waals surface area contributed by atoms with Crippen molar-refractivity contribution in [2.75, 3.05) is 6.54 Å². The van der Waals surface area contributed by atoms with Crippen LogP contribution in [0.15, 0.2) is 43.0 Å². The van der Waals surface area contributed by atoms with Crippen LogP contribution in [0.5, 0.6) is 6.01 Å². The van der Waals surface area contributed by atoms with Crippen molar-refractivity contribution in [2.24, 2.45) is 5.92 Å². The van der Waals surface area contributed by atoms with Gasteiger partial charge in [0.15, 0.2) is 5.82 Å². The monoisotopic (exact) mass is 416 g/mol. The minimum Gasteiger partial charge on any atom is -0.458 e. The molecule has 3 aromatic rings. The molecule has 2 fully saturated rings. The van der Waals surface area contributed by atoms with E-state index in [0.29, 0.717) is 35.6 Å². The molecule has 8 heteroatoms. The molecule has 31 heavy (non-hydrogen) atoms. The van der Waals surface area contributed by atoms with Gasteiger partial charge in [-0.2, -0.15) is 0 Å². The molecule has 1 aliphatic carbocycles. The third kappa shape index (κ3) is 3.73. The van der Waals surface area contributed by atoms with E-state index in [4.69, 9.17) is 4.74 Å². The van der Waals surface area contributed by atoms with Crippen molar-refractivity contribution in [1.29, 1.82) is 0 Å². The van der Waals surface area contributed by atoms with E-state index in [-0.39, 0.29) is 18.1 Å². The predicted octanol–water partition coefficient (Wildman–Crippen LogP) is 2.88. The number of ether oxygens (including phenoxy) is 1. The van der Waals surface area contributed by atoms with Crippen LogP contribution in [0, 0.1) is 12.8 Å². The standard InChI is InChI=1S/C23H24N6O2/c1-3-15-11-26-23(27-12-15)31-19-10-16-9-18(19)29(13-16)22(30)20-17(6-5-14(2)28-20)21-24-7-4-8-25-21/h4-8,11-12,16,18-19H,3,9-10,13H2,1-2H3/t16-,18+,19-/m1/s1. The summed E-state index contributed by atoms with van der Waals surface area (Å²) in [6, 6.07) is 5.86. The maximum atomic E-state index is 13.6. The van der Waals surface area contributed by atoms with E-state index in [9.17, 15) is 4.79 Å². The Morgan fingerprint density at radius 2 is 1.90 bits per heavy atom. The minimum atomic E-state index is -0.114. The number of piperidine rings is 1. The van der Waals surface area contributed by atoms with E-state index in [1.807, 2.05) is 24.0 Å². The molecule has 1 amide bonds. The fourth-order valence-corrected chi connectivity index (χ4v) is 4.52. The fourth-order valence-electron chi connectivity index (χ4n) is 4.52. The van der Waals surface area contributed by atoms with Crippen LogP contribution in [0.3, 0.4) is 0 Å². The molecule has 3 aromatic heterocycles. The van der Waals surface area contributed by atoms with Crippen molar-refractivity contribution >= 4 is 5.91 Å². The molecule has 3 atom stereocenters. The second-order valence-corrected chi connectivity index (χ2v) is 8.17. The zero-order valence-corrected chi connectivity index (χ0v) is 17.6. The molecule has 0 aromatic carbocycles. The maximum absolute atomic E-state index is 13.6. The zero-order chi connectivity index (χ0) is 21.4. The van der Waals surface area contributed by atoms with Gasteiger partial charge in [0.25, 0.3) is 5.91 Å². The van der Waals surface area contributed by atoms with Gasteiger partial charge in [0.05, 0.1) is 11.6 Å². The summed E-state index contributed by atoms with van der Waals surface area (Å²) in [6.45, 7) is 4.65. The third-order valence-corrected chi connectivity index (χ3v) is 6.08. The van der Waals surface area contributed by atoms with E-state index >= 15 is 0 Å². The first kappa shape index (κ1) is 19.5. The van der Waals surface area contributed by atoms with Crippen molar-refractivity contribution in [3.8, 4) is 17.4 Å². The lowest BCUT2D eigenvalue weighted by atomic mass is 10.1. The number of fused-ring (bicyclic) bond motifs is 2. The van der Waals surface area contributed by atoms with Gasteiger partial charge in [-0.15, -0.1) is 0 Å². The van der Waals surface area contributed by atoms with Gasteiger partial charge in [-0.1, -0.05) is 6.92 Å². The first-order valence-electron chi connectivity index (χ1n) is 10.7. The van der Waals surface area contributed by atoms with Crippen LogP contribution in [0.1, 0.15) is 41.5 Å². The van der Waals surface area contributed by atoms with E-state index in [0.717, 1.165) is 30.5 Å². The highest BCUT2D eigenvalue weighted by Gasteiger charge is 2.49. The minimum absolute atomic E-state index is 0.0150. The Balaban J connectivity index is 1.40. The van der Waals surface area contributed by atoms with Crippen molar-refractivity contribution < 1.29 is 9.53 Å². The van der Waals surface area contributed by atoms with E-state index in [2.05, 4.69) is 31.8 Å². The average molecular weight is 416 g/mol. The summed E-state index contributed by atoms with van der Waals surface area (Å²) in [5.74, 6) is 0.809. The topological polar surface area (TPSA) is 94.0 Å². The van der Waals surface area contributed by atoms with Crippen LogP contribution in [0.2, 0.25) is 0 Å². The number of aryl methyl sites for hydroxylation is 2. The van der Waals surface area contributed by atoms with Crippen LogP contribution >= 0.6 is 0 Å². The molecule has 1 aliphatic heterocycles. The summed E-state index contributed by atoms with van der Waals surface area (Å²) in [5.41, 5.74) is 2.89. The lowest BCUT2D eigenvalue weighted by Gasteiger charge is -2.33. The number of hydrogen-bond donors (Lipinski definition) is 0. The molecule has 1 saturated carbocycles. The number of carbonyl (C=O) groups excluding carboxylic acids is 1. The number of aromatic nitrogens is 5.